The summed E-state index contributed by atoms with van der Waals surface area (Å²) in [6.45, 7) is 12.4. The number of carboxylic acids is 1. The van der Waals surface area contributed by atoms with E-state index in [2.05, 4.69) is 38.7 Å². The van der Waals surface area contributed by atoms with Crippen LogP contribution in [0.3, 0.4) is 0 Å². The molecule has 9 nitrogen and oxygen atoms in total. The Labute approximate surface area is 291 Å². The molecular weight excluding hydrogens is 667 g/mol. The maximum atomic E-state index is 13.6. The number of thiophene rings is 2. The number of thiocarbonyl (C=S) groups is 1. The number of hydrogen-bond acceptors (Lipinski definition) is 9. The van der Waals surface area contributed by atoms with Crippen molar-refractivity contribution in [3.8, 4) is 20.2 Å². The maximum absolute atomic E-state index is 13.6. The molecule has 12 heteroatoms. The van der Waals surface area contributed by atoms with Gasteiger partial charge >= 0.3 is 11.6 Å². The van der Waals surface area contributed by atoms with Gasteiger partial charge in [0.25, 0.3) is 11.8 Å². The van der Waals surface area contributed by atoms with E-state index in [0.29, 0.717) is 16.0 Å². The number of carboxylic acid groups (broad SMARTS) is 1. The van der Waals surface area contributed by atoms with Gasteiger partial charge in [-0.25, -0.2) is 4.79 Å². The Morgan fingerprint density at radius 1 is 0.938 bits per heavy atom. The molecule has 0 saturated carbocycles. The van der Waals surface area contributed by atoms with Gasteiger partial charge in [0.05, 0.1) is 5.56 Å². The molecule has 3 aliphatic heterocycles. The average molecular weight is 702 g/mol. The lowest BCUT2D eigenvalue weighted by Gasteiger charge is -2.48. The molecule has 2 amide bonds. The van der Waals surface area contributed by atoms with Gasteiger partial charge in [-0.1, -0.05) is 27.7 Å². The zero-order chi connectivity index (χ0) is 34.3. The Morgan fingerprint density at radius 3 is 2.29 bits per heavy atom. The van der Waals surface area contributed by atoms with Crippen molar-refractivity contribution in [2.24, 2.45) is 0 Å². The van der Waals surface area contributed by atoms with E-state index in [1.807, 2.05) is 30.3 Å². The van der Waals surface area contributed by atoms with Crippen molar-refractivity contribution < 1.29 is 23.9 Å². The van der Waals surface area contributed by atoms with E-state index in [-0.39, 0.29) is 33.7 Å². The molecule has 3 aromatic heterocycles. The second kappa shape index (κ2) is 11.5. The highest BCUT2D eigenvalue weighted by Gasteiger charge is 2.42. The fourth-order valence-electron chi connectivity index (χ4n) is 7.02. The van der Waals surface area contributed by atoms with Crippen molar-refractivity contribution in [3.05, 3.63) is 68.4 Å². The normalized spacial score (nSPS) is 19.4. The van der Waals surface area contributed by atoms with Crippen LogP contribution in [-0.2, 0) is 25.2 Å². The van der Waals surface area contributed by atoms with Gasteiger partial charge in [-0.05, 0) is 90.9 Å². The molecule has 0 bridgehead atoms. The Morgan fingerprint density at radius 2 is 1.58 bits per heavy atom. The van der Waals surface area contributed by atoms with Gasteiger partial charge in [0.1, 0.15) is 17.7 Å². The van der Waals surface area contributed by atoms with Crippen molar-refractivity contribution in [2.75, 3.05) is 31.1 Å². The van der Waals surface area contributed by atoms with Gasteiger partial charge in [-0.2, -0.15) is 0 Å². The minimum Gasteiger partial charge on any atom is -0.480 e. The lowest BCUT2D eigenvalue weighted by atomic mass is 9.69. The summed E-state index contributed by atoms with van der Waals surface area (Å²) in [5, 5.41) is 10.1. The van der Waals surface area contributed by atoms with E-state index in [1.165, 1.54) is 44.9 Å². The zero-order valence-electron chi connectivity index (χ0n) is 27.3. The summed E-state index contributed by atoms with van der Waals surface area (Å²) in [6, 6.07) is 11.8. The number of aliphatic carboxylic acids is 1. The van der Waals surface area contributed by atoms with Gasteiger partial charge in [-0.15, -0.1) is 22.7 Å². The molecule has 0 aliphatic carbocycles. The summed E-state index contributed by atoms with van der Waals surface area (Å²) >= 11 is 8.10. The molecule has 4 aromatic rings. The van der Waals surface area contributed by atoms with Crippen molar-refractivity contribution in [1.29, 1.82) is 0 Å². The van der Waals surface area contributed by atoms with E-state index in [1.54, 1.807) is 6.92 Å². The quantitative estimate of drug-likeness (QED) is 0.101. The summed E-state index contributed by atoms with van der Waals surface area (Å²) in [7, 11) is 0. The first-order valence-electron chi connectivity index (χ1n) is 15.9. The summed E-state index contributed by atoms with van der Waals surface area (Å²) in [6.07, 6.45) is 3.54. The van der Waals surface area contributed by atoms with E-state index < -0.39 is 24.3 Å². The number of rotatable bonds is 6. The number of amides is 2. The summed E-state index contributed by atoms with van der Waals surface area (Å²) in [4.78, 5) is 59.2. The molecular formula is C36H35N3O6S3. The molecule has 1 fully saturated rings. The Balaban J connectivity index is 1.24. The van der Waals surface area contributed by atoms with Crippen LogP contribution in [0.15, 0.2) is 51.2 Å². The number of benzene rings is 1. The number of likely N-dealkylation sites (N-methyl/N-ethyl adjacent to an activating group) is 1. The zero-order valence-corrected chi connectivity index (χ0v) is 29.8. The third-order valence-electron chi connectivity index (χ3n) is 9.78. The fraction of sp³-hybridized carbons (Fsp3) is 0.361. The predicted molar refractivity (Wildman–Crippen MR) is 194 cm³/mol. The minimum absolute atomic E-state index is 0.00287. The van der Waals surface area contributed by atoms with E-state index in [4.69, 9.17) is 16.6 Å². The van der Waals surface area contributed by atoms with Crippen LogP contribution >= 0.6 is 34.9 Å². The first-order chi connectivity index (χ1) is 22.7. The lowest BCUT2D eigenvalue weighted by Crippen LogP contribution is -2.57. The molecule has 0 radical (unpaired) electrons. The molecule has 1 saturated heterocycles. The number of anilines is 1. The van der Waals surface area contributed by atoms with E-state index >= 15 is 0 Å². The molecule has 0 atom stereocenters. The topological polar surface area (TPSA) is 111 Å². The van der Waals surface area contributed by atoms with Crippen LogP contribution in [0.2, 0.25) is 0 Å². The van der Waals surface area contributed by atoms with Gasteiger partial charge in [0.2, 0.25) is 0 Å². The average Bonchev–Trinajstić information content (AvgIpc) is 3.70. The Hall–Kier alpha value is -4.13. The number of carbonyl (C=O) groups excluding carboxylic acids is 2. The van der Waals surface area contributed by atoms with E-state index in [9.17, 15) is 24.3 Å². The number of carbonyl (C=O) groups is 3. The van der Waals surface area contributed by atoms with Crippen molar-refractivity contribution in [1.82, 2.24) is 9.80 Å². The van der Waals surface area contributed by atoms with Crippen LogP contribution in [0.5, 0.6) is 0 Å². The standard InChI is InChI=1S/C36H35N3O6S3/c1-6-38-31(42)22(32(43)39(34(38)46)18-27(40)41)17-20-7-8-25(47-20)26-10-9-24(48-26)21-15-19-16-23-29-28(30(19)45-33(21)44)36(4,5)12-14-37(29)13-11-35(23,2)3/h7-10,15-17H,6,11-14,18H2,1-5H3,(H,40,41)/b22-17+. The molecule has 7 rings (SSSR count). The fourth-order valence-corrected chi connectivity index (χ4v) is 9.43. The van der Waals surface area contributed by atoms with E-state index in [0.717, 1.165) is 56.4 Å². The first-order valence-corrected chi connectivity index (χ1v) is 18.0. The van der Waals surface area contributed by atoms with Crippen LogP contribution in [0.4, 0.5) is 5.69 Å². The van der Waals surface area contributed by atoms with Gasteiger partial charge < -0.3 is 14.4 Å². The molecule has 0 spiro atoms. The molecule has 248 valence electrons. The highest BCUT2D eigenvalue weighted by atomic mass is 32.1. The molecule has 6 heterocycles. The van der Waals surface area contributed by atoms with Crippen LogP contribution in [0.25, 0.3) is 37.2 Å². The van der Waals surface area contributed by atoms with Crippen molar-refractivity contribution in [2.45, 2.75) is 58.3 Å². The van der Waals surface area contributed by atoms with Gasteiger partial charge in [0.15, 0.2) is 5.11 Å². The monoisotopic (exact) mass is 701 g/mol. The number of fused-ring (bicyclic) bond motifs is 2. The Kier molecular flexibility index (Phi) is 7.76. The summed E-state index contributed by atoms with van der Waals surface area (Å²) in [5.41, 5.74) is 4.23. The van der Waals surface area contributed by atoms with Crippen LogP contribution in [-0.4, -0.2) is 64.0 Å². The molecule has 1 N–H and O–H groups in total. The first kappa shape index (κ1) is 32.4. The summed E-state index contributed by atoms with van der Waals surface area (Å²) < 4.78 is 6.20. The second-order valence-electron chi connectivity index (χ2n) is 13.8. The lowest BCUT2D eigenvalue weighted by molar-refractivity contribution is -0.143. The molecule has 3 aliphatic rings. The number of hydrogen-bond donors (Lipinski definition) is 1. The second-order valence-corrected chi connectivity index (χ2v) is 16.4. The van der Waals surface area contributed by atoms with Gasteiger partial charge in [-0.3, -0.25) is 24.2 Å². The molecule has 0 unspecified atom stereocenters. The molecule has 1 aromatic carbocycles. The van der Waals surface area contributed by atoms with Crippen LogP contribution < -0.4 is 10.5 Å². The third kappa shape index (κ3) is 5.21. The van der Waals surface area contributed by atoms with Crippen molar-refractivity contribution >= 4 is 80.5 Å². The van der Waals surface area contributed by atoms with Crippen LogP contribution in [0.1, 0.15) is 63.5 Å². The SMILES string of the molecule is CCN1C(=O)/C(=C\c2ccc(-c3ccc(-c4cc5cc6c7c(c5oc4=O)C(C)(C)CCN7CCC6(C)C)s3)s2)C(=O)N(CC(=O)O)C1=S. The minimum atomic E-state index is -1.23. The maximum Gasteiger partial charge on any atom is 0.345 e. The largest absolute Gasteiger partial charge is 0.480 e. The molecule has 48 heavy (non-hydrogen) atoms. The Bertz CT molecular complexity index is 2150. The highest BCUT2D eigenvalue weighted by Crippen LogP contribution is 2.52. The smallest absolute Gasteiger partial charge is 0.345 e. The highest BCUT2D eigenvalue weighted by molar-refractivity contribution is 7.80. The van der Waals surface area contributed by atoms with Crippen molar-refractivity contribution in [3.63, 3.8) is 0 Å². The number of nitrogens with zero attached hydrogens (tertiary/aromatic N) is 3. The van der Waals surface area contributed by atoms with Gasteiger partial charge in [0, 0.05) is 55.8 Å². The predicted octanol–water partition coefficient (Wildman–Crippen LogP) is 6.86. The third-order valence-corrected chi connectivity index (χ3v) is 12.6. The summed E-state index contributed by atoms with van der Waals surface area (Å²) in [5.74, 6) is -2.51. The van der Waals surface area contributed by atoms with Crippen LogP contribution in [0, 0.1) is 0 Å².